The van der Waals surface area contributed by atoms with Gasteiger partial charge in [-0.05, 0) is 28.1 Å². The Morgan fingerprint density at radius 3 is 3.08 bits per heavy atom. The Balaban J connectivity index is 2.71. The average Bonchev–Trinajstić information content (AvgIpc) is 2.47. The van der Waals surface area contributed by atoms with Crippen LogP contribution in [0, 0.1) is 0 Å². The summed E-state index contributed by atoms with van der Waals surface area (Å²) in [4.78, 5) is 4.10. The standard InChI is InChI=1S/C8H7BrN2O/c1-12-7-3-2-6-4-10-8(9)11(6)5-7/h2-5H,1H3. The van der Waals surface area contributed by atoms with Crippen LogP contribution in [0.2, 0.25) is 0 Å². The van der Waals surface area contributed by atoms with Crippen LogP contribution in [0.25, 0.3) is 5.52 Å². The van der Waals surface area contributed by atoms with Crippen LogP contribution in [0.1, 0.15) is 0 Å². The van der Waals surface area contributed by atoms with Gasteiger partial charge in [-0.25, -0.2) is 4.98 Å². The van der Waals surface area contributed by atoms with Gasteiger partial charge in [-0.15, -0.1) is 0 Å². The van der Waals surface area contributed by atoms with Gasteiger partial charge < -0.3 is 4.74 Å². The van der Waals surface area contributed by atoms with Crippen molar-refractivity contribution in [2.75, 3.05) is 7.11 Å². The maximum absolute atomic E-state index is 5.08. The lowest BCUT2D eigenvalue weighted by atomic mass is 10.4. The van der Waals surface area contributed by atoms with Crippen LogP contribution < -0.4 is 4.74 Å². The smallest absolute Gasteiger partial charge is 0.181 e. The Morgan fingerprint density at radius 2 is 2.33 bits per heavy atom. The van der Waals surface area contributed by atoms with Gasteiger partial charge in [0.25, 0.3) is 0 Å². The average molecular weight is 227 g/mol. The summed E-state index contributed by atoms with van der Waals surface area (Å²) >= 11 is 3.33. The van der Waals surface area contributed by atoms with Crippen LogP contribution >= 0.6 is 15.9 Å². The Bertz CT molecular complexity index is 410. The number of rotatable bonds is 1. The molecule has 0 radical (unpaired) electrons. The molecule has 0 amide bonds. The fourth-order valence-electron chi connectivity index (χ4n) is 1.06. The van der Waals surface area contributed by atoms with E-state index in [1.165, 1.54) is 0 Å². The van der Waals surface area contributed by atoms with Gasteiger partial charge in [0.05, 0.1) is 25.0 Å². The van der Waals surface area contributed by atoms with E-state index >= 15 is 0 Å². The largest absolute Gasteiger partial charge is 0.495 e. The summed E-state index contributed by atoms with van der Waals surface area (Å²) in [5, 5.41) is 0. The second-order valence-electron chi connectivity index (χ2n) is 2.39. The Hall–Kier alpha value is -1.03. The molecule has 62 valence electrons. The number of aromatic nitrogens is 2. The van der Waals surface area contributed by atoms with Crippen LogP contribution in [0.15, 0.2) is 29.3 Å². The maximum atomic E-state index is 5.08. The Morgan fingerprint density at radius 1 is 1.50 bits per heavy atom. The molecule has 2 aromatic rings. The van der Waals surface area contributed by atoms with Gasteiger partial charge in [0.15, 0.2) is 4.73 Å². The van der Waals surface area contributed by atoms with Crippen molar-refractivity contribution in [1.82, 2.24) is 9.38 Å². The molecular weight excluding hydrogens is 220 g/mol. The number of nitrogens with zero attached hydrogens (tertiary/aromatic N) is 2. The predicted octanol–water partition coefficient (Wildman–Crippen LogP) is 2.11. The SMILES string of the molecule is COc1ccc2cnc(Br)n2c1. The third kappa shape index (κ3) is 1.08. The molecule has 2 heterocycles. The van der Waals surface area contributed by atoms with E-state index in [0.717, 1.165) is 16.0 Å². The van der Waals surface area contributed by atoms with Crippen molar-refractivity contribution >= 4 is 21.4 Å². The van der Waals surface area contributed by atoms with Crippen LogP contribution in [0.5, 0.6) is 5.75 Å². The zero-order valence-electron chi connectivity index (χ0n) is 6.49. The van der Waals surface area contributed by atoms with E-state index in [-0.39, 0.29) is 0 Å². The lowest BCUT2D eigenvalue weighted by molar-refractivity contribution is 0.412. The van der Waals surface area contributed by atoms with E-state index in [9.17, 15) is 0 Å². The zero-order chi connectivity index (χ0) is 8.55. The predicted molar refractivity (Wildman–Crippen MR) is 49.4 cm³/mol. The first-order valence-electron chi connectivity index (χ1n) is 3.48. The molecule has 0 N–H and O–H groups in total. The number of ether oxygens (including phenoxy) is 1. The zero-order valence-corrected chi connectivity index (χ0v) is 8.08. The summed E-state index contributed by atoms with van der Waals surface area (Å²) < 4.78 is 7.78. The van der Waals surface area contributed by atoms with E-state index in [0.29, 0.717) is 0 Å². The minimum Gasteiger partial charge on any atom is -0.495 e. The molecule has 0 aliphatic carbocycles. The highest BCUT2D eigenvalue weighted by Crippen LogP contribution is 2.17. The number of halogens is 1. The van der Waals surface area contributed by atoms with Crippen molar-refractivity contribution in [2.45, 2.75) is 0 Å². The molecule has 0 aliphatic rings. The van der Waals surface area contributed by atoms with E-state index in [4.69, 9.17) is 4.74 Å². The topological polar surface area (TPSA) is 26.5 Å². The molecule has 0 spiro atoms. The summed E-state index contributed by atoms with van der Waals surface area (Å²) in [5.74, 6) is 0.821. The minimum atomic E-state index is 0.788. The summed E-state index contributed by atoms with van der Waals surface area (Å²) in [7, 11) is 1.64. The first-order valence-corrected chi connectivity index (χ1v) is 4.27. The fourth-order valence-corrected chi connectivity index (χ4v) is 1.47. The second kappa shape index (κ2) is 2.79. The van der Waals surface area contributed by atoms with Crippen molar-refractivity contribution in [3.05, 3.63) is 29.3 Å². The van der Waals surface area contributed by atoms with E-state index < -0.39 is 0 Å². The molecule has 0 atom stereocenters. The van der Waals surface area contributed by atoms with Gasteiger partial charge in [-0.1, -0.05) is 0 Å². The molecule has 0 saturated carbocycles. The third-order valence-corrected chi connectivity index (χ3v) is 2.28. The molecule has 3 nitrogen and oxygen atoms in total. The molecule has 0 aliphatic heterocycles. The molecule has 2 aromatic heterocycles. The Labute approximate surface area is 78.1 Å². The quantitative estimate of drug-likeness (QED) is 0.745. The number of methoxy groups -OCH3 is 1. The molecular formula is C8H7BrN2O. The van der Waals surface area contributed by atoms with E-state index in [2.05, 4.69) is 20.9 Å². The highest BCUT2D eigenvalue weighted by Gasteiger charge is 1.99. The van der Waals surface area contributed by atoms with Crippen LogP contribution in [0.4, 0.5) is 0 Å². The monoisotopic (exact) mass is 226 g/mol. The molecule has 0 bridgehead atoms. The first-order chi connectivity index (χ1) is 5.81. The molecule has 0 fully saturated rings. The number of hydrogen-bond donors (Lipinski definition) is 0. The fraction of sp³-hybridized carbons (Fsp3) is 0.125. The highest BCUT2D eigenvalue weighted by molar-refractivity contribution is 9.10. The van der Waals surface area contributed by atoms with Crippen LogP contribution in [-0.4, -0.2) is 16.5 Å². The van der Waals surface area contributed by atoms with Crippen molar-refractivity contribution < 1.29 is 4.74 Å². The van der Waals surface area contributed by atoms with Gasteiger partial charge >= 0.3 is 0 Å². The van der Waals surface area contributed by atoms with Crippen molar-refractivity contribution in [2.24, 2.45) is 0 Å². The van der Waals surface area contributed by atoms with Gasteiger partial charge in [-0.2, -0.15) is 0 Å². The minimum absolute atomic E-state index is 0.788. The molecule has 4 heteroatoms. The Kier molecular flexibility index (Phi) is 1.77. The van der Waals surface area contributed by atoms with Gasteiger partial charge in [-0.3, -0.25) is 4.40 Å². The highest BCUT2D eigenvalue weighted by atomic mass is 79.9. The van der Waals surface area contributed by atoms with E-state index in [1.807, 2.05) is 22.7 Å². The van der Waals surface area contributed by atoms with Gasteiger partial charge in [0.1, 0.15) is 5.75 Å². The summed E-state index contributed by atoms with van der Waals surface area (Å²) in [6.07, 6.45) is 3.68. The van der Waals surface area contributed by atoms with Gasteiger partial charge in [0, 0.05) is 0 Å². The van der Waals surface area contributed by atoms with Crippen LogP contribution in [0.3, 0.4) is 0 Å². The van der Waals surface area contributed by atoms with E-state index in [1.54, 1.807) is 13.3 Å². The van der Waals surface area contributed by atoms with Crippen molar-refractivity contribution in [3.63, 3.8) is 0 Å². The normalized spacial score (nSPS) is 10.5. The number of fused-ring (bicyclic) bond motifs is 1. The molecule has 0 unspecified atom stereocenters. The molecule has 0 aromatic carbocycles. The number of imidazole rings is 1. The van der Waals surface area contributed by atoms with Gasteiger partial charge in [0.2, 0.25) is 0 Å². The maximum Gasteiger partial charge on any atom is 0.181 e. The number of hydrogen-bond acceptors (Lipinski definition) is 2. The van der Waals surface area contributed by atoms with Crippen molar-refractivity contribution in [3.8, 4) is 5.75 Å². The number of pyridine rings is 1. The molecule has 2 rings (SSSR count). The molecule has 12 heavy (non-hydrogen) atoms. The summed E-state index contributed by atoms with van der Waals surface area (Å²) in [5.41, 5.74) is 1.04. The van der Waals surface area contributed by atoms with Crippen LogP contribution in [-0.2, 0) is 0 Å². The molecule has 0 saturated heterocycles. The summed E-state index contributed by atoms with van der Waals surface area (Å²) in [6.45, 7) is 0. The van der Waals surface area contributed by atoms with Crippen molar-refractivity contribution in [1.29, 1.82) is 0 Å². The lowest BCUT2D eigenvalue weighted by Crippen LogP contribution is -1.87. The lowest BCUT2D eigenvalue weighted by Gasteiger charge is -2.00. The first kappa shape index (κ1) is 7.61. The summed E-state index contributed by atoms with van der Waals surface area (Å²) in [6, 6.07) is 3.86. The second-order valence-corrected chi connectivity index (χ2v) is 3.10. The third-order valence-electron chi connectivity index (χ3n) is 1.69.